The standard InChI is InChI=1S/C12H18N2O4S/c1-4-14(9-12(15)16)10-5-7-11(8-6-10)19(17,18)13(2)3/h5-8H,4,9H2,1-3H3,(H,15,16). The lowest BCUT2D eigenvalue weighted by Crippen LogP contribution is -2.29. The van der Waals surface area contributed by atoms with Crippen LogP contribution >= 0.6 is 0 Å². The molecule has 0 heterocycles. The van der Waals surface area contributed by atoms with Gasteiger partial charge in [-0.25, -0.2) is 12.7 Å². The van der Waals surface area contributed by atoms with Gasteiger partial charge in [0.1, 0.15) is 6.54 Å². The fourth-order valence-corrected chi connectivity index (χ4v) is 2.49. The van der Waals surface area contributed by atoms with Crippen molar-refractivity contribution in [3.05, 3.63) is 24.3 Å². The summed E-state index contributed by atoms with van der Waals surface area (Å²) in [6.07, 6.45) is 0. The number of hydrogen-bond donors (Lipinski definition) is 1. The van der Waals surface area contributed by atoms with Crippen molar-refractivity contribution in [1.29, 1.82) is 0 Å². The Balaban J connectivity index is 3.02. The number of anilines is 1. The Labute approximate surface area is 113 Å². The second kappa shape index (κ2) is 6.03. The smallest absolute Gasteiger partial charge is 0.323 e. The van der Waals surface area contributed by atoms with Crippen molar-refractivity contribution in [2.45, 2.75) is 11.8 Å². The number of carbonyl (C=O) groups is 1. The van der Waals surface area contributed by atoms with E-state index in [2.05, 4.69) is 0 Å². The molecule has 0 bridgehead atoms. The van der Waals surface area contributed by atoms with E-state index < -0.39 is 16.0 Å². The minimum absolute atomic E-state index is 0.115. The third-order valence-corrected chi connectivity index (χ3v) is 4.52. The second-order valence-corrected chi connectivity index (χ2v) is 6.34. The van der Waals surface area contributed by atoms with E-state index in [0.29, 0.717) is 12.2 Å². The molecule has 0 aliphatic heterocycles. The molecule has 1 N–H and O–H groups in total. The minimum atomic E-state index is -3.45. The van der Waals surface area contributed by atoms with Gasteiger partial charge in [0.15, 0.2) is 0 Å². The molecular weight excluding hydrogens is 268 g/mol. The molecule has 1 aromatic carbocycles. The van der Waals surface area contributed by atoms with Crippen LogP contribution in [0.1, 0.15) is 6.92 Å². The van der Waals surface area contributed by atoms with Crippen LogP contribution in [0.3, 0.4) is 0 Å². The van der Waals surface area contributed by atoms with Crippen LogP contribution in [0.4, 0.5) is 5.69 Å². The average Bonchev–Trinajstić information content (AvgIpc) is 2.35. The number of aliphatic carboxylic acids is 1. The van der Waals surface area contributed by atoms with E-state index in [4.69, 9.17) is 5.11 Å². The Morgan fingerprint density at radius 1 is 1.21 bits per heavy atom. The number of rotatable bonds is 6. The van der Waals surface area contributed by atoms with Crippen molar-refractivity contribution in [2.75, 3.05) is 32.1 Å². The van der Waals surface area contributed by atoms with Crippen molar-refractivity contribution in [1.82, 2.24) is 4.31 Å². The van der Waals surface area contributed by atoms with Crippen molar-refractivity contribution >= 4 is 21.7 Å². The summed E-state index contributed by atoms with van der Waals surface area (Å²) in [7, 11) is -0.522. The van der Waals surface area contributed by atoms with Gasteiger partial charge in [0, 0.05) is 26.3 Å². The van der Waals surface area contributed by atoms with E-state index in [1.165, 1.54) is 26.2 Å². The van der Waals surface area contributed by atoms with E-state index in [-0.39, 0.29) is 11.4 Å². The predicted octanol–water partition coefficient (Wildman–Crippen LogP) is 0.848. The van der Waals surface area contributed by atoms with E-state index in [1.54, 1.807) is 17.0 Å². The van der Waals surface area contributed by atoms with Gasteiger partial charge >= 0.3 is 5.97 Å². The van der Waals surface area contributed by atoms with Gasteiger partial charge < -0.3 is 10.0 Å². The molecule has 0 saturated heterocycles. The first-order valence-corrected chi connectivity index (χ1v) is 7.22. The zero-order chi connectivity index (χ0) is 14.6. The summed E-state index contributed by atoms with van der Waals surface area (Å²) in [5, 5.41) is 8.79. The molecule has 1 rings (SSSR count). The van der Waals surface area contributed by atoms with Crippen molar-refractivity contribution < 1.29 is 18.3 Å². The molecule has 0 unspecified atom stereocenters. The van der Waals surface area contributed by atoms with Crippen LogP contribution in [0.5, 0.6) is 0 Å². The Morgan fingerprint density at radius 3 is 2.11 bits per heavy atom. The highest BCUT2D eigenvalue weighted by atomic mass is 32.2. The fourth-order valence-electron chi connectivity index (χ4n) is 1.59. The topological polar surface area (TPSA) is 77.9 Å². The molecule has 0 saturated carbocycles. The number of carboxylic acids is 1. The lowest BCUT2D eigenvalue weighted by molar-refractivity contribution is -0.135. The predicted molar refractivity (Wildman–Crippen MR) is 72.8 cm³/mol. The summed E-state index contributed by atoms with van der Waals surface area (Å²) in [5.74, 6) is -0.924. The molecule has 0 aliphatic carbocycles. The molecule has 19 heavy (non-hydrogen) atoms. The normalized spacial score (nSPS) is 11.6. The number of benzene rings is 1. The van der Waals surface area contributed by atoms with Gasteiger partial charge in [-0.1, -0.05) is 0 Å². The maximum Gasteiger partial charge on any atom is 0.323 e. The summed E-state index contributed by atoms with van der Waals surface area (Å²) in [5.41, 5.74) is 0.683. The van der Waals surface area contributed by atoms with Crippen molar-refractivity contribution in [3.8, 4) is 0 Å². The summed E-state index contributed by atoms with van der Waals surface area (Å²) in [4.78, 5) is 12.5. The molecule has 0 aliphatic rings. The second-order valence-electron chi connectivity index (χ2n) is 4.19. The zero-order valence-corrected chi connectivity index (χ0v) is 12.0. The number of likely N-dealkylation sites (N-methyl/N-ethyl adjacent to an activating group) is 1. The van der Waals surface area contributed by atoms with Crippen LogP contribution in [-0.4, -0.2) is 51.0 Å². The van der Waals surface area contributed by atoms with E-state index in [0.717, 1.165) is 4.31 Å². The minimum Gasteiger partial charge on any atom is -0.480 e. The lowest BCUT2D eigenvalue weighted by atomic mass is 10.3. The molecule has 0 radical (unpaired) electrons. The van der Waals surface area contributed by atoms with Crippen LogP contribution in [0, 0.1) is 0 Å². The summed E-state index contributed by atoms with van der Waals surface area (Å²) in [6.45, 7) is 2.26. The third-order valence-electron chi connectivity index (χ3n) is 2.69. The van der Waals surface area contributed by atoms with Crippen LogP contribution in [-0.2, 0) is 14.8 Å². The van der Waals surface area contributed by atoms with Crippen LogP contribution in [0.15, 0.2) is 29.2 Å². The Morgan fingerprint density at radius 2 is 1.74 bits per heavy atom. The highest BCUT2D eigenvalue weighted by Gasteiger charge is 2.17. The molecule has 0 spiro atoms. The Kier molecular flexibility index (Phi) is 4.90. The number of carboxylic acid groups (broad SMARTS) is 1. The summed E-state index contributed by atoms with van der Waals surface area (Å²) < 4.78 is 24.9. The van der Waals surface area contributed by atoms with Crippen LogP contribution in [0.2, 0.25) is 0 Å². The SMILES string of the molecule is CCN(CC(=O)O)c1ccc(S(=O)(=O)N(C)C)cc1. The molecule has 7 heteroatoms. The number of sulfonamides is 1. The Bertz CT molecular complexity index is 537. The first-order valence-electron chi connectivity index (χ1n) is 5.78. The summed E-state index contributed by atoms with van der Waals surface area (Å²) >= 11 is 0. The van der Waals surface area contributed by atoms with E-state index >= 15 is 0 Å². The number of hydrogen-bond acceptors (Lipinski definition) is 4. The monoisotopic (exact) mass is 286 g/mol. The summed E-state index contributed by atoms with van der Waals surface area (Å²) in [6, 6.07) is 6.19. The van der Waals surface area contributed by atoms with Gasteiger partial charge in [-0.3, -0.25) is 4.79 Å². The van der Waals surface area contributed by atoms with E-state index in [9.17, 15) is 13.2 Å². The average molecular weight is 286 g/mol. The number of nitrogens with zero attached hydrogens (tertiary/aromatic N) is 2. The van der Waals surface area contributed by atoms with Gasteiger partial charge in [-0.15, -0.1) is 0 Å². The fraction of sp³-hybridized carbons (Fsp3) is 0.417. The van der Waals surface area contributed by atoms with Gasteiger partial charge in [0.05, 0.1) is 4.90 Å². The van der Waals surface area contributed by atoms with Gasteiger partial charge in [0.25, 0.3) is 0 Å². The molecule has 0 aromatic heterocycles. The molecule has 1 aromatic rings. The van der Waals surface area contributed by atoms with Gasteiger partial charge in [-0.05, 0) is 31.2 Å². The zero-order valence-electron chi connectivity index (χ0n) is 11.2. The highest BCUT2D eigenvalue weighted by molar-refractivity contribution is 7.89. The molecule has 6 nitrogen and oxygen atoms in total. The Hall–Kier alpha value is -1.60. The quantitative estimate of drug-likeness (QED) is 0.838. The van der Waals surface area contributed by atoms with Crippen molar-refractivity contribution in [3.63, 3.8) is 0 Å². The van der Waals surface area contributed by atoms with Gasteiger partial charge in [-0.2, -0.15) is 0 Å². The first-order chi connectivity index (χ1) is 8.78. The van der Waals surface area contributed by atoms with Crippen molar-refractivity contribution in [2.24, 2.45) is 0 Å². The molecule has 106 valence electrons. The van der Waals surface area contributed by atoms with E-state index in [1.807, 2.05) is 6.92 Å². The maximum atomic E-state index is 11.9. The largest absolute Gasteiger partial charge is 0.480 e. The maximum absolute atomic E-state index is 11.9. The lowest BCUT2D eigenvalue weighted by Gasteiger charge is -2.21. The van der Waals surface area contributed by atoms with Gasteiger partial charge in [0.2, 0.25) is 10.0 Å². The highest BCUT2D eigenvalue weighted by Crippen LogP contribution is 2.19. The van der Waals surface area contributed by atoms with Crippen LogP contribution in [0.25, 0.3) is 0 Å². The first kappa shape index (κ1) is 15.5. The molecule has 0 amide bonds. The molecule has 0 fully saturated rings. The molecule has 0 atom stereocenters. The van der Waals surface area contributed by atoms with Crippen LogP contribution < -0.4 is 4.90 Å². The molecular formula is C12H18N2O4S. The third kappa shape index (κ3) is 3.68.